The second kappa shape index (κ2) is 2.77. The van der Waals surface area contributed by atoms with Crippen LogP contribution in [0, 0.1) is 0 Å². The van der Waals surface area contributed by atoms with Gasteiger partial charge in [0.25, 0.3) is 0 Å². The summed E-state index contributed by atoms with van der Waals surface area (Å²) in [5.41, 5.74) is 1.73. The average Bonchev–Trinajstić information content (AvgIpc) is 2.52. The Kier molecular flexibility index (Phi) is 1.37. The van der Waals surface area contributed by atoms with E-state index in [0.29, 0.717) is 0 Å². The zero-order valence-electron chi connectivity index (χ0n) is 7.73. The van der Waals surface area contributed by atoms with Crippen LogP contribution in [0.4, 0.5) is 0 Å². The van der Waals surface area contributed by atoms with Crippen molar-refractivity contribution in [2.24, 2.45) is 7.05 Å². The molecule has 0 radical (unpaired) electrons. The van der Waals surface area contributed by atoms with E-state index in [4.69, 9.17) is 1.37 Å². The quantitative estimate of drug-likeness (QED) is 0.632. The molecular weight excluding hydrogens is 150 g/mol. The smallest absolute Gasteiger partial charge is 0.0840 e. The van der Waals surface area contributed by atoms with E-state index in [-0.39, 0.29) is 6.17 Å². The minimum Gasteiger partial charge on any atom is -0.275 e. The molecule has 3 heteroatoms. The van der Waals surface area contributed by atoms with Gasteiger partial charge in [0.2, 0.25) is 0 Å². The molecule has 2 rings (SSSR count). The second-order valence-corrected chi connectivity index (χ2v) is 2.55. The van der Waals surface area contributed by atoms with E-state index in [0.717, 1.165) is 11.3 Å². The van der Waals surface area contributed by atoms with Crippen LogP contribution in [-0.4, -0.2) is 14.8 Å². The number of hydrogen-bond donors (Lipinski definition) is 0. The van der Waals surface area contributed by atoms with Crippen LogP contribution in [0.1, 0.15) is 1.37 Å². The minimum atomic E-state index is 0.279. The molecule has 0 fully saturated rings. The summed E-state index contributed by atoms with van der Waals surface area (Å²) in [6, 6.07) is 5.34. The van der Waals surface area contributed by atoms with E-state index in [9.17, 15) is 0 Å². The Balaban J connectivity index is 2.46. The lowest BCUT2D eigenvalue weighted by atomic mass is 10.2. The molecule has 12 heavy (non-hydrogen) atoms. The normalized spacial score (nSPS) is 11.2. The van der Waals surface area contributed by atoms with Crippen molar-refractivity contribution >= 4 is 0 Å². The maximum Gasteiger partial charge on any atom is 0.0840 e. The van der Waals surface area contributed by atoms with Gasteiger partial charge in [0, 0.05) is 25.0 Å². The van der Waals surface area contributed by atoms with Gasteiger partial charge in [-0.2, -0.15) is 5.10 Å². The fourth-order valence-corrected chi connectivity index (χ4v) is 1.04. The number of pyridine rings is 1. The number of aromatic nitrogens is 3. The predicted molar refractivity (Wildman–Crippen MR) is 46.4 cm³/mol. The highest BCUT2D eigenvalue weighted by Gasteiger charge is 1.98. The van der Waals surface area contributed by atoms with Gasteiger partial charge in [-0.05, 0) is 12.1 Å². The van der Waals surface area contributed by atoms with Crippen molar-refractivity contribution in [3.8, 4) is 11.3 Å². The average molecular weight is 160 g/mol. The zero-order chi connectivity index (χ0) is 9.26. The molecule has 2 heterocycles. The molecule has 2 aromatic rings. The summed E-state index contributed by atoms with van der Waals surface area (Å²) >= 11 is 0. The Hall–Kier alpha value is -1.64. The van der Waals surface area contributed by atoms with E-state index in [1.165, 1.54) is 0 Å². The molecule has 0 spiro atoms. The van der Waals surface area contributed by atoms with Gasteiger partial charge >= 0.3 is 0 Å². The van der Waals surface area contributed by atoms with Gasteiger partial charge in [0.05, 0.1) is 13.3 Å². The predicted octanol–water partition coefficient (Wildman–Crippen LogP) is 1.48. The minimum absolute atomic E-state index is 0.279. The SMILES string of the molecule is [2H]c1cccc(-c2cnn(C)c2)n1. The van der Waals surface area contributed by atoms with Crippen molar-refractivity contribution in [1.82, 2.24) is 14.8 Å². The number of nitrogens with zero attached hydrogens (tertiary/aromatic N) is 3. The summed E-state index contributed by atoms with van der Waals surface area (Å²) in [5, 5.41) is 4.04. The molecule has 0 saturated heterocycles. The maximum atomic E-state index is 7.35. The van der Waals surface area contributed by atoms with Gasteiger partial charge < -0.3 is 0 Å². The van der Waals surface area contributed by atoms with Crippen LogP contribution in [0.25, 0.3) is 11.3 Å². The fourth-order valence-electron chi connectivity index (χ4n) is 1.04. The molecular formula is C9H9N3. The summed E-state index contributed by atoms with van der Waals surface area (Å²) in [7, 11) is 1.86. The summed E-state index contributed by atoms with van der Waals surface area (Å²) < 4.78 is 9.07. The van der Waals surface area contributed by atoms with E-state index in [2.05, 4.69) is 10.1 Å². The van der Waals surface area contributed by atoms with Crippen LogP contribution in [-0.2, 0) is 7.05 Å². The third kappa shape index (κ3) is 1.21. The molecule has 3 nitrogen and oxygen atoms in total. The lowest BCUT2D eigenvalue weighted by Gasteiger charge is -1.92. The van der Waals surface area contributed by atoms with Gasteiger partial charge in [-0.1, -0.05) is 6.07 Å². The first kappa shape index (κ1) is 5.94. The highest BCUT2D eigenvalue weighted by Crippen LogP contribution is 2.13. The van der Waals surface area contributed by atoms with E-state index in [1.807, 2.05) is 25.4 Å². The Morgan fingerprint density at radius 3 is 3.08 bits per heavy atom. The molecule has 0 aliphatic heterocycles. The first-order valence-corrected chi connectivity index (χ1v) is 3.68. The Morgan fingerprint density at radius 2 is 2.42 bits per heavy atom. The van der Waals surface area contributed by atoms with Gasteiger partial charge in [-0.25, -0.2) is 0 Å². The molecule has 0 aromatic carbocycles. The molecule has 0 saturated carbocycles. The highest BCUT2D eigenvalue weighted by atomic mass is 15.2. The van der Waals surface area contributed by atoms with Gasteiger partial charge in [0.1, 0.15) is 0 Å². The molecule has 0 aliphatic rings. The molecule has 60 valence electrons. The summed E-state index contributed by atoms with van der Waals surface area (Å²) in [6.07, 6.45) is 3.89. The van der Waals surface area contributed by atoms with Crippen molar-refractivity contribution in [1.29, 1.82) is 0 Å². The Morgan fingerprint density at radius 1 is 1.50 bits per heavy atom. The van der Waals surface area contributed by atoms with Crippen LogP contribution in [0.5, 0.6) is 0 Å². The molecule has 2 aromatic heterocycles. The van der Waals surface area contributed by atoms with Crippen molar-refractivity contribution < 1.29 is 1.37 Å². The van der Waals surface area contributed by atoms with Crippen molar-refractivity contribution in [2.75, 3.05) is 0 Å². The van der Waals surface area contributed by atoms with Crippen LogP contribution in [0.2, 0.25) is 0 Å². The fraction of sp³-hybridized carbons (Fsp3) is 0.111. The number of rotatable bonds is 1. The van der Waals surface area contributed by atoms with E-state index >= 15 is 0 Å². The highest BCUT2D eigenvalue weighted by molar-refractivity contribution is 5.56. The van der Waals surface area contributed by atoms with Gasteiger partial charge in [0.15, 0.2) is 0 Å². The molecule has 0 unspecified atom stereocenters. The summed E-state index contributed by atoms with van der Waals surface area (Å²) in [4.78, 5) is 4.07. The first-order chi connectivity index (χ1) is 6.25. The maximum absolute atomic E-state index is 7.35. The third-order valence-corrected chi connectivity index (χ3v) is 1.61. The first-order valence-electron chi connectivity index (χ1n) is 4.18. The lowest BCUT2D eigenvalue weighted by molar-refractivity contribution is 0.768. The van der Waals surface area contributed by atoms with Gasteiger partial charge in [-0.3, -0.25) is 9.67 Å². The van der Waals surface area contributed by atoms with Crippen molar-refractivity contribution in [3.63, 3.8) is 0 Å². The van der Waals surface area contributed by atoms with Crippen LogP contribution in [0.15, 0.2) is 36.8 Å². The van der Waals surface area contributed by atoms with Gasteiger partial charge in [-0.15, -0.1) is 0 Å². The van der Waals surface area contributed by atoms with Crippen LogP contribution >= 0.6 is 0 Å². The van der Waals surface area contributed by atoms with Crippen LogP contribution < -0.4 is 0 Å². The summed E-state index contributed by atoms with van der Waals surface area (Å²) in [6.45, 7) is 0. The second-order valence-electron chi connectivity index (χ2n) is 2.55. The van der Waals surface area contributed by atoms with Crippen molar-refractivity contribution in [2.45, 2.75) is 0 Å². The molecule has 0 amide bonds. The lowest BCUT2D eigenvalue weighted by Crippen LogP contribution is -1.84. The zero-order valence-corrected chi connectivity index (χ0v) is 6.73. The van der Waals surface area contributed by atoms with E-state index in [1.54, 1.807) is 16.9 Å². The van der Waals surface area contributed by atoms with Crippen LogP contribution in [0.3, 0.4) is 0 Å². The molecule has 0 atom stereocenters. The third-order valence-electron chi connectivity index (χ3n) is 1.61. The standard InChI is InChI=1S/C9H9N3/c1-12-7-8(6-11-12)9-4-2-3-5-10-9/h2-7H,1H3/i5D. The number of hydrogen-bond acceptors (Lipinski definition) is 2. The van der Waals surface area contributed by atoms with E-state index < -0.39 is 0 Å². The largest absolute Gasteiger partial charge is 0.275 e. The Bertz CT molecular complexity index is 422. The molecule has 0 aliphatic carbocycles. The Labute approximate surface area is 72.1 Å². The molecule has 0 N–H and O–H groups in total. The number of aryl methyl sites for hydroxylation is 1. The molecule has 0 bridgehead atoms. The van der Waals surface area contributed by atoms with Crippen molar-refractivity contribution in [3.05, 3.63) is 36.8 Å². The monoisotopic (exact) mass is 160 g/mol. The summed E-state index contributed by atoms with van der Waals surface area (Å²) in [5.74, 6) is 0. The topological polar surface area (TPSA) is 30.7 Å².